The van der Waals surface area contributed by atoms with Crippen LogP contribution in [0.25, 0.3) is 0 Å². The highest BCUT2D eigenvalue weighted by atomic mass is 79.9. The van der Waals surface area contributed by atoms with E-state index in [4.69, 9.17) is 10.2 Å². The van der Waals surface area contributed by atoms with Crippen molar-refractivity contribution in [3.8, 4) is 0 Å². The highest BCUT2D eigenvalue weighted by Crippen LogP contribution is 2.18. The zero-order chi connectivity index (χ0) is 15.4. The van der Waals surface area contributed by atoms with Gasteiger partial charge in [0.1, 0.15) is 6.26 Å². The molecule has 1 aromatic carbocycles. The number of benzene rings is 1. The minimum absolute atomic E-state index is 0.194. The molecule has 0 saturated carbocycles. The van der Waals surface area contributed by atoms with Crippen molar-refractivity contribution in [3.63, 3.8) is 0 Å². The summed E-state index contributed by atoms with van der Waals surface area (Å²) in [5.74, 6) is 0.299. The maximum absolute atomic E-state index is 12.0. The van der Waals surface area contributed by atoms with Crippen molar-refractivity contribution in [2.75, 3.05) is 0 Å². The van der Waals surface area contributed by atoms with E-state index >= 15 is 0 Å². The summed E-state index contributed by atoms with van der Waals surface area (Å²) in [6.07, 6.45) is 1.34. The number of nitrogens with two attached hydrogens (primary N) is 1. The molecule has 0 fully saturated rings. The Morgan fingerprint density at radius 1 is 1.43 bits per heavy atom. The number of rotatable bonds is 5. The van der Waals surface area contributed by atoms with Crippen molar-refractivity contribution in [1.82, 2.24) is 10.3 Å². The van der Waals surface area contributed by atoms with Crippen molar-refractivity contribution in [2.24, 2.45) is 11.7 Å². The number of carbonyl (C=O) groups is 1. The summed E-state index contributed by atoms with van der Waals surface area (Å²) in [6.45, 7) is 4.36. The van der Waals surface area contributed by atoms with Crippen LogP contribution in [0.4, 0.5) is 0 Å². The second kappa shape index (κ2) is 6.87. The van der Waals surface area contributed by atoms with Crippen molar-refractivity contribution < 1.29 is 9.21 Å². The molecule has 0 spiro atoms. The van der Waals surface area contributed by atoms with Crippen LogP contribution in [0.5, 0.6) is 0 Å². The van der Waals surface area contributed by atoms with Gasteiger partial charge in [-0.3, -0.25) is 4.79 Å². The molecule has 0 aliphatic rings. The van der Waals surface area contributed by atoms with E-state index in [9.17, 15) is 4.79 Å². The van der Waals surface area contributed by atoms with E-state index < -0.39 is 0 Å². The molecule has 0 aliphatic heterocycles. The zero-order valence-corrected chi connectivity index (χ0v) is 13.6. The number of hydrogen-bond donors (Lipinski definition) is 2. The number of halogens is 1. The quantitative estimate of drug-likeness (QED) is 0.867. The Labute approximate surface area is 132 Å². The Morgan fingerprint density at radius 3 is 2.81 bits per heavy atom. The molecular formula is C15H18BrN3O2. The molecule has 2 aromatic rings. The molecule has 5 nitrogen and oxygen atoms in total. The van der Waals surface area contributed by atoms with Crippen LogP contribution in [0.2, 0.25) is 0 Å². The topological polar surface area (TPSA) is 81.1 Å². The van der Waals surface area contributed by atoms with Crippen LogP contribution in [0, 0.1) is 5.92 Å². The first-order valence-electron chi connectivity index (χ1n) is 6.71. The summed E-state index contributed by atoms with van der Waals surface area (Å²) in [4.78, 5) is 16.2. The van der Waals surface area contributed by atoms with Crippen LogP contribution in [0.15, 0.2) is 39.4 Å². The second-order valence-electron chi connectivity index (χ2n) is 5.11. The molecular weight excluding hydrogens is 334 g/mol. The molecule has 112 valence electrons. The predicted molar refractivity (Wildman–Crippen MR) is 83.6 cm³/mol. The summed E-state index contributed by atoms with van der Waals surface area (Å²) < 4.78 is 6.23. The highest BCUT2D eigenvalue weighted by Gasteiger charge is 2.19. The fourth-order valence-electron chi connectivity index (χ4n) is 1.74. The largest absolute Gasteiger partial charge is 0.446 e. The summed E-state index contributed by atoms with van der Waals surface area (Å²) in [5, 5.41) is 2.81. The van der Waals surface area contributed by atoms with Gasteiger partial charge in [-0.1, -0.05) is 48.0 Å². The van der Waals surface area contributed by atoms with E-state index in [1.807, 2.05) is 38.1 Å². The number of amides is 1. The van der Waals surface area contributed by atoms with Gasteiger partial charge in [-0.05, 0) is 17.5 Å². The average Bonchev–Trinajstić information content (AvgIpc) is 2.95. The number of nitrogens with zero attached hydrogens (tertiary/aromatic N) is 1. The van der Waals surface area contributed by atoms with Gasteiger partial charge in [0.05, 0.1) is 6.04 Å². The van der Waals surface area contributed by atoms with Gasteiger partial charge in [0.25, 0.3) is 5.91 Å². The molecule has 1 aromatic heterocycles. The SMILES string of the molecule is CC(C)C(N)c1nc(C(=O)NCc2ccccc2Br)co1. The molecule has 0 bridgehead atoms. The third-order valence-electron chi connectivity index (χ3n) is 3.16. The molecule has 2 rings (SSSR count). The lowest BCUT2D eigenvalue weighted by atomic mass is 10.1. The number of carbonyl (C=O) groups excluding carboxylic acids is 1. The third-order valence-corrected chi connectivity index (χ3v) is 3.93. The Balaban J connectivity index is 2.00. The first-order chi connectivity index (χ1) is 9.99. The van der Waals surface area contributed by atoms with E-state index in [0.717, 1.165) is 10.0 Å². The standard InChI is InChI=1S/C15H18BrN3O2/c1-9(2)13(17)15-19-12(8-21-15)14(20)18-7-10-5-3-4-6-11(10)16/h3-6,8-9,13H,7,17H2,1-2H3,(H,18,20). The Hall–Kier alpha value is -1.66. The monoisotopic (exact) mass is 351 g/mol. The van der Waals surface area contributed by atoms with Gasteiger partial charge in [-0.2, -0.15) is 0 Å². The van der Waals surface area contributed by atoms with Crippen LogP contribution in [0.1, 0.15) is 41.8 Å². The van der Waals surface area contributed by atoms with E-state index in [0.29, 0.717) is 12.4 Å². The van der Waals surface area contributed by atoms with Gasteiger partial charge < -0.3 is 15.5 Å². The molecule has 0 saturated heterocycles. The Kier molecular flexibility index (Phi) is 5.14. The number of aromatic nitrogens is 1. The Bertz CT molecular complexity index is 625. The zero-order valence-electron chi connectivity index (χ0n) is 12.0. The molecule has 3 N–H and O–H groups in total. The molecule has 21 heavy (non-hydrogen) atoms. The number of nitrogens with one attached hydrogen (secondary N) is 1. The lowest BCUT2D eigenvalue weighted by Gasteiger charge is -2.10. The van der Waals surface area contributed by atoms with Crippen LogP contribution in [-0.2, 0) is 6.54 Å². The van der Waals surface area contributed by atoms with Crippen molar-refractivity contribution in [2.45, 2.75) is 26.4 Å². The van der Waals surface area contributed by atoms with Gasteiger partial charge in [0.15, 0.2) is 5.69 Å². The van der Waals surface area contributed by atoms with Gasteiger partial charge >= 0.3 is 0 Å². The minimum Gasteiger partial charge on any atom is -0.446 e. The van der Waals surface area contributed by atoms with E-state index in [-0.39, 0.29) is 23.6 Å². The van der Waals surface area contributed by atoms with E-state index in [1.165, 1.54) is 6.26 Å². The lowest BCUT2D eigenvalue weighted by molar-refractivity contribution is 0.0945. The number of oxazole rings is 1. The first kappa shape index (κ1) is 15.7. The van der Waals surface area contributed by atoms with E-state index in [1.54, 1.807) is 0 Å². The lowest BCUT2D eigenvalue weighted by Crippen LogP contribution is -2.24. The summed E-state index contributed by atoms with van der Waals surface area (Å²) >= 11 is 3.44. The molecule has 1 unspecified atom stereocenters. The van der Waals surface area contributed by atoms with Crippen LogP contribution >= 0.6 is 15.9 Å². The Morgan fingerprint density at radius 2 is 2.14 bits per heavy atom. The smallest absolute Gasteiger partial charge is 0.273 e. The highest BCUT2D eigenvalue weighted by molar-refractivity contribution is 9.10. The maximum Gasteiger partial charge on any atom is 0.273 e. The van der Waals surface area contributed by atoms with Crippen molar-refractivity contribution in [1.29, 1.82) is 0 Å². The minimum atomic E-state index is -0.310. The van der Waals surface area contributed by atoms with Gasteiger partial charge in [-0.25, -0.2) is 4.98 Å². The van der Waals surface area contributed by atoms with Crippen molar-refractivity contribution in [3.05, 3.63) is 52.1 Å². The summed E-state index contributed by atoms with van der Waals surface area (Å²) in [7, 11) is 0. The predicted octanol–water partition coefficient (Wildman–Crippen LogP) is 3.02. The fraction of sp³-hybridized carbons (Fsp3) is 0.333. The van der Waals surface area contributed by atoms with Gasteiger partial charge in [-0.15, -0.1) is 0 Å². The van der Waals surface area contributed by atoms with Gasteiger partial charge in [0, 0.05) is 11.0 Å². The fourth-order valence-corrected chi connectivity index (χ4v) is 2.16. The van der Waals surface area contributed by atoms with Crippen molar-refractivity contribution >= 4 is 21.8 Å². The molecule has 6 heteroatoms. The molecule has 1 heterocycles. The first-order valence-corrected chi connectivity index (χ1v) is 7.51. The molecule has 1 amide bonds. The van der Waals surface area contributed by atoms with Gasteiger partial charge in [0.2, 0.25) is 5.89 Å². The summed E-state index contributed by atoms with van der Waals surface area (Å²) in [6, 6.07) is 7.40. The molecule has 0 radical (unpaired) electrons. The van der Waals surface area contributed by atoms with Crippen LogP contribution in [0.3, 0.4) is 0 Å². The number of hydrogen-bond acceptors (Lipinski definition) is 4. The molecule has 1 atom stereocenters. The third kappa shape index (κ3) is 3.92. The van der Waals surface area contributed by atoms with E-state index in [2.05, 4.69) is 26.2 Å². The van der Waals surface area contributed by atoms with Crippen LogP contribution in [-0.4, -0.2) is 10.9 Å². The maximum atomic E-state index is 12.0. The normalized spacial score (nSPS) is 12.4. The second-order valence-corrected chi connectivity index (χ2v) is 5.97. The van der Waals surface area contributed by atoms with Crippen LogP contribution < -0.4 is 11.1 Å². The average molecular weight is 352 g/mol. The molecule has 0 aliphatic carbocycles. The summed E-state index contributed by atoms with van der Waals surface area (Å²) in [5.41, 5.74) is 7.18.